The molecule has 0 amide bonds. The lowest BCUT2D eigenvalue weighted by Gasteiger charge is -2.14. The lowest BCUT2D eigenvalue weighted by molar-refractivity contribution is 0.194. The van der Waals surface area contributed by atoms with Crippen LogP contribution in [0.2, 0.25) is 0 Å². The first-order chi connectivity index (χ1) is 12.6. The Kier molecular flexibility index (Phi) is 6.29. The van der Waals surface area contributed by atoms with Crippen LogP contribution in [0, 0.1) is 0 Å². The van der Waals surface area contributed by atoms with Gasteiger partial charge in [-0.3, -0.25) is 4.57 Å². The van der Waals surface area contributed by atoms with E-state index in [1.54, 1.807) is 12.1 Å². The van der Waals surface area contributed by atoms with Crippen LogP contribution >= 0.6 is 7.60 Å². The van der Waals surface area contributed by atoms with Gasteiger partial charge in [0, 0.05) is 5.39 Å². The Morgan fingerprint density at radius 1 is 0.769 bits per heavy atom. The van der Waals surface area contributed by atoms with E-state index in [0.717, 1.165) is 16.5 Å². The monoisotopic (exact) mass is 372 g/mol. The fourth-order valence-electron chi connectivity index (χ4n) is 2.51. The van der Waals surface area contributed by atoms with Crippen molar-refractivity contribution in [3.8, 4) is 11.5 Å². The molecule has 0 saturated heterocycles. The lowest BCUT2D eigenvalue weighted by Crippen LogP contribution is -2.10. The van der Waals surface area contributed by atoms with Crippen LogP contribution in [0.5, 0.6) is 11.5 Å². The maximum atomic E-state index is 12.0. The Balaban J connectivity index is 1.42. The fraction of sp³-hybridized carbons (Fsp3) is 0.200. The van der Waals surface area contributed by atoms with Crippen molar-refractivity contribution in [3.05, 3.63) is 72.8 Å². The van der Waals surface area contributed by atoms with Crippen LogP contribution in [0.4, 0.5) is 0 Å². The first-order valence-electron chi connectivity index (χ1n) is 8.39. The maximum Gasteiger partial charge on any atom is 0.331 e. The van der Waals surface area contributed by atoms with Gasteiger partial charge >= 0.3 is 7.60 Å². The molecular weight excluding hydrogens is 351 g/mol. The normalized spacial score (nSPS) is 13.3. The van der Waals surface area contributed by atoms with E-state index in [9.17, 15) is 9.46 Å². The summed E-state index contributed by atoms with van der Waals surface area (Å²) in [7, 11) is -3.70. The Morgan fingerprint density at radius 3 is 2.35 bits per heavy atom. The van der Waals surface area contributed by atoms with Gasteiger partial charge < -0.3 is 18.9 Å². The molecule has 3 aromatic carbocycles. The minimum Gasteiger partial charge on any atom is -0.493 e. The van der Waals surface area contributed by atoms with Crippen molar-refractivity contribution in [2.24, 2.45) is 0 Å². The molecule has 0 aromatic heterocycles. The van der Waals surface area contributed by atoms with Gasteiger partial charge in [-0.1, -0.05) is 54.6 Å². The van der Waals surface area contributed by atoms with Gasteiger partial charge in [0.15, 0.2) is 0 Å². The summed E-state index contributed by atoms with van der Waals surface area (Å²) in [5, 5.41) is 2.08. The summed E-state index contributed by atoms with van der Waals surface area (Å²) >= 11 is 0. The highest BCUT2D eigenvalue weighted by atomic mass is 31.2. The number of hydrogen-bond acceptors (Lipinski definition) is 4. The van der Waals surface area contributed by atoms with Crippen LogP contribution in [0.1, 0.15) is 0 Å². The number of para-hydroxylation sites is 1. The van der Waals surface area contributed by atoms with Crippen molar-refractivity contribution in [2.75, 3.05) is 26.0 Å². The molecule has 26 heavy (non-hydrogen) atoms. The molecule has 6 heteroatoms. The van der Waals surface area contributed by atoms with Crippen molar-refractivity contribution in [1.82, 2.24) is 0 Å². The minimum atomic E-state index is -3.70. The van der Waals surface area contributed by atoms with Crippen LogP contribution in [0.15, 0.2) is 72.8 Å². The summed E-state index contributed by atoms with van der Waals surface area (Å²) in [4.78, 5) is 9.86. The summed E-state index contributed by atoms with van der Waals surface area (Å²) in [5.74, 6) is 1.39. The highest BCUT2D eigenvalue weighted by molar-refractivity contribution is 7.52. The van der Waals surface area contributed by atoms with Gasteiger partial charge in [-0.2, -0.15) is 0 Å². The van der Waals surface area contributed by atoms with Gasteiger partial charge in [0.05, 0.1) is 19.4 Å². The summed E-state index contributed by atoms with van der Waals surface area (Å²) in [6.45, 7) is 0.336. The van der Waals surface area contributed by atoms with Gasteiger partial charge in [-0.25, -0.2) is 0 Å². The molecule has 0 spiro atoms. The molecule has 3 aromatic rings. The number of benzene rings is 3. The predicted octanol–water partition coefficient (Wildman–Crippen LogP) is 4.50. The van der Waals surface area contributed by atoms with Crippen LogP contribution < -0.4 is 9.47 Å². The van der Waals surface area contributed by atoms with Crippen LogP contribution in [0.3, 0.4) is 0 Å². The van der Waals surface area contributed by atoms with Gasteiger partial charge in [-0.15, -0.1) is 0 Å². The van der Waals surface area contributed by atoms with Crippen LogP contribution in [-0.4, -0.2) is 30.9 Å². The van der Waals surface area contributed by atoms with Crippen molar-refractivity contribution >= 4 is 18.4 Å². The second-order valence-corrected chi connectivity index (χ2v) is 7.66. The molecule has 1 N–H and O–H groups in total. The molecular formula is C20H21O5P. The van der Waals surface area contributed by atoms with Crippen molar-refractivity contribution in [2.45, 2.75) is 0 Å². The predicted molar refractivity (Wildman–Crippen MR) is 102 cm³/mol. The number of rotatable bonds is 9. The minimum absolute atomic E-state index is 0.0301. The third-order valence-corrected chi connectivity index (χ3v) is 5.10. The zero-order chi connectivity index (χ0) is 18.2. The SMILES string of the molecule is O=P(O)(CCOc1ccccc1)OCCOc1cccc2ccccc12. The molecule has 0 heterocycles. The Bertz CT molecular complexity index is 876. The summed E-state index contributed by atoms with van der Waals surface area (Å²) in [5.41, 5.74) is 0. The van der Waals surface area contributed by atoms with E-state index >= 15 is 0 Å². The summed E-state index contributed by atoms with van der Waals surface area (Å²) in [6.07, 6.45) is -0.0733. The molecule has 3 rings (SSSR count). The molecule has 0 saturated carbocycles. The van der Waals surface area contributed by atoms with Crippen molar-refractivity contribution in [3.63, 3.8) is 0 Å². The fourth-order valence-corrected chi connectivity index (χ4v) is 3.32. The third kappa shape index (κ3) is 5.33. The van der Waals surface area contributed by atoms with E-state index in [0.29, 0.717) is 5.75 Å². The standard InChI is InChI=1S/C20H21O5P/c21-26(22,16-15-23-18-9-2-1-3-10-18)25-14-13-24-20-12-6-8-17-7-4-5-11-19(17)20/h1-12H,13-16H2,(H,21,22). The van der Waals surface area contributed by atoms with Crippen molar-refractivity contribution in [1.29, 1.82) is 0 Å². The molecule has 0 aliphatic carbocycles. The molecule has 0 aliphatic rings. The highest BCUT2D eigenvalue weighted by Gasteiger charge is 2.19. The Labute approximate surface area is 152 Å². The average Bonchev–Trinajstić information content (AvgIpc) is 2.66. The zero-order valence-corrected chi connectivity index (χ0v) is 15.2. The van der Waals surface area contributed by atoms with Gasteiger partial charge in [0.2, 0.25) is 0 Å². The van der Waals surface area contributed by atoms with E-state index in [4.69, 9.17) is 14.0 Å². The molecule has 136 valence electrons. The van der Waals surface area contributed by atoms with Crippen LogP contribution in [0.25, 0.3) is 10.8 Å². The molecule has 5 nitrogen and oxygen atoms in total. The molecule has 0 radical (unpaired) electrons. The molecule has 0 bridgehead atoms. The molecule has 0 fully saturated rings. The van der Waals surface area contributed by atoms with E-state index < -0.39 is 7.60 Å². The third-order valence-electron chi connectivity index (χ3n) is 3.77. The van der Waals surface area contributed by atoms with Gasteiger partial charge in [0.25, 0.3) is 0 Å². The van der Waals surface area contributed by atoms with Crippen molar-refractivity contribution < 1.29 is 23.5 Å². The van der Waals surface area contributed by atoms with Crippen LogP contribution in [-0.2, 0) is 9.09 Å². The van der Waals surface area contributed by atoms with E-state index in [-0.39, 0.29) is 26.0 Å². The lowest BCUT2D eigenvalue weighted by atomic mass is 10.1. The second kappa shape index (κ2) is 8.86. The summed E-state index contributed by atoms with van der Waals surface area (Å²) < 4.78 is 28.3. The maximum absolute atomic E-state index is 12.0. The first-order valence-corrected chi connectivity index (χ1v) is 10.2. The van der Waals surface area contributed by atoms with E-state index in [1.807, 2.05) is 60.7 Å². The second-order valence-electron chi connectivity index (χ2n) is 5.68. The Hall–Kier alpha value is -2.33. The van der Waals surface area contributed by atoms with E-state index in [1.165, 1.54) is 0 Å². The zero-order valence-electron chi connectivity index (χ0n) is 14.3. The van der Waals surface area contributed by atoms with Gasteiger partial charge in [-0.05, 0) is 23.6 Å². The number of ether oxygens (including phenoxy) is 2. The highest BCUT2D eigenvalue weighted by Crippen LogP contribution is 2.41. The van der Waals surface area contributed by atoms with Gasteiger partial charge in [0.1, 0.15) is 18.1 Å². The van der Waals surface area contributed by atoms with E-state index in [2.05, 4.69) is 0 Å². The molecule has 1 unspecified atom stereocenters. The largest absolute Gasteiger partial charge is 0.493 e. The topological polar surface area (TPSA) is 65.0 Å². The first kappa shape index (κ1) is 18.5. The molecule has 1 atom stereocenters. The number of hydrogen-bond donors (Lipinski definition) is 1. The quantitative estimate of drug-likeness (QED) is 0.443. The molecule has 0 aliphatic heterocycles. The number of fused-ring (bicyclic) bond motifs is 1. The average molecular weight is 372 g/mol. The Morgan fingerprint density at radius 2 is 1.50 bits per heavy atom. The summed E-state index contributed by atoms with van der Waals surface area (Å²) in [6, 6.07) is 22.8. The smallest absolute Gasteiger partial charge is 0.331 e.